The number of nitrogens with one attached hydrogen (secondary N) is 2. The molecule has 6 rings (SSSR count). The summed E-state index contributed by atoms with van der Waals surface area (Å²) >= 11 is -1.03. The SMILES string of the molecule is c1ccc(-c2nc([Te][Te]c3nc(-c4ccccc4)c(-c4ccccc4)[nH]3)[nH]c2-c2ccccc2)cc1. The predicted octanol–water partition coefficient (Wildman–Crippen LogP) is 5.08. The van der Waals surface area contributed by atoms with Crippen LogP contribution in [-0.4, -0.2) is 54.1 Å². The van der Waals surface area contributed by atoms with E-state index in [4.69, 9.17) is 9.97 Å². The van der Waals surface area contributed by atoms with Crippen LogP contribution in [0.5, 0.6) is 0 Å². The Kier molecular flexibility index (Phi) is 7.03. The van der Waals surface area contributed by atoms with E-state index in [-0.39, 0.29) is 0 Å². The number of hydrogen-bond donors (Lipinski definition) is 2. The number of nitrogens with zero attached hydrogens (tertiary/aromatic N) is 2. The van der Waals surface area contributed by atoms with E-state index in [1.54, 1.807) is 0 Å². The van der Waals surface area contributed by atoms with Crippen LogP contribution in [-0.2, 0) is 0 Å². The van der Waals surface area contributed by atoms with E-state index in [9.17, 15) is 0 Å². The van der Waals surface area contributed by atoms with Crippen LogP contribution in [0, 0.1) is 0 Å². The summed E-state index contributed by atoms with van der Waals surface area (Å²) in [5.74, 6) is 0. The molecule has 6 aromatic rings. The Labute approximate surface area is 226 Å². The van der Waals surface area contributed by atoms with Crippen molar-refractivity contribution < 1.29 is 0 Å². The van der Waals surface area contributed by atoms with Crippen LogP contribution >= 0.6 is 0 Å². The molecule has 0 fully saturated rings. The normalized spacial score (nSPS) is 11.0. The van der Waals surface area contributed by atoms with Gasteiger partial charge in [0.15, 0.2) is 0 Å². The zero-order valence-corrected chi connectivity index (χ0v) is 23.9. The van der Waals surface area contributed by atoms with Crippen molar-refractivity contribution in [2.75, 3.05) is 0 Å². The molecule has 0 bridgehead atoms. The Balaban J connectivity index is 1.33. The first-order valence-electron chi connectivity index (χ1n) is 11.6. The summed E-state index contributed by atoms with van der Waals surface area (Å²) in [5, 5.41) is 0. The number of benzene rings is 4. The summed E-state index contributed by atoms with van der Waals surface area (Å²) in [6.45, 7) is 0. The minimum atomic E-state index is -0.517. The quantitative estimate of drug-likeness (QED) is 0.230. The number of hydrogen-bond acceptors (Lipinski definition) is 2. The van der Waals surface area contributed by atoms with Crippen LogP contribution in [0.2, 0.25) is 0 Å². The molecule has 2 N–H and O–H groups in total. The van der Waals surface area contributed by atoms with Crippen LogP contribution in [0.15, 0.2) is 121 Å². The van der Waals surface area contributed by atoms with Gasteiger partial charge in [-0.05, 0) is 0 Å². The van der Waals surface area contributed by atoms with Crippen LogP contribution in [0.1, 0.15) is 0 Å². The summed E-state index contributed by atoms with van der Waals surface area (Å²) in [4.78, 5) is 17.6. The van der Waals surface area contributed by atoms with Gasteiger partial charge in [0.05, 0.1) is 0 Å². The maximum atomic E-state index is 5.11. The Bertz CT molecular complexity index is 1330. The topological polar surface area (TPSA) is 57.4 Å². The molecule has 174 valence electrons. The van der Waals surface area contributed by atoms with Crippen LogP contribution in [0.3, 0.4) is 0 Å². The molecule has 0 atom stereocenters. The first kappa shape index (κ1) is 23.3. The van der Waals surface area contributed by atoms with Crippen molar-refractivity contribution in [3.05, 3.63) is 121 Å². The standard InChI is InChI=1S/C30H22N4Te2/c1-5-13-21(14-6-1)25-26(22-15-7-2-8-16-22)32-29(31-25)35-36-30-33-27(23-17-9-3-10-18-23)28(34-30)24-19-11-4-12-20-24/h1-20H,(H,31,32)(H,33,34). The van der Waals surface area contributed by atoms with Crippen LogP contribution < -0.4 is 7.74 Å². The molecule has 0 saturated heterocycles. The van der Waals surface area contributed by atoms with Gasteiger partial charge in [0.25, 0.3) is 0 Å². The third-order valence-electron chi connectivity index (χ3n) is 5.78. The molecule has 2 aromatic heterocycles. The zero-order valence-electron chi connectivity index (χ0n) is 19.3. The van der Waals surface area contributed by atoms with E-state index in [1.165, 1.54) is 11.1 Å². The van der Waals surface area contributed by atoms with Crippen molar-refractivity contribution >= 4 is 41.9 Å². The average Bonchev–Trinajstić information content (AvgIpc) is 3.59. The molecule has 0 aliphatic rings. The van der Waals surface area contributed by atoms with Gasteiger partial charge in [0, 0.05) is 0 Å². The number of aromatic amines is 2. The molecule has 0 unspecified atom stereocenters. The Morgan fingerprint density at radius 2 is 0.694 bits per heavy atom. The van der Waals surface area contributed by atoms with E-state index >= 15 is 0 Å². The first-order valence-corrected chi connectivity index (χ1v) is 21.3. The summed E-state index contributed by atoms with van der Waals surface area (Å²) < 4.78 is 2.28. The Morgan fingerprint density at radius 3 is 1.03 bits per heavy atom. The fraction of sp³-hybridized carbons (Fsp3) is 0. The molecular weight excluding hydrogens is 672 g/mol. The van der Waals surface area contributed by atoms with Gasteiger partial charge in [0.1, 0.15) is 0 Å². The molecule has 0 radical (unpaired) electrons. The fourth-order valence-corrected chi connectivity index (χ4v) is 12.1. The van der Waals surface area contributed by atoms with Gasteiger partial charge in [-0.1, -0.05) is 0 Å². The Morgan fingerprint density at radius 1 is 0.389 bits per heavy atom. The van der Waals surface area contributed by atoms with Crippen LogP contribution in [0.25, 0.3) is 45.0 Å². The van der Waals surface area contributed by atoms with Gasteiger partial charge in [-0.2, -0.15) is 0 Å². The molecule has 6 heteroatoms. The van der Waals surface area contributed by atoms with E-state index in [0.717, 1.165) is 41.6 Å². The Hall–Kier alpha value is -3.12. The zero-order chi connectivity index (χ0) is 24.2. The van der Waals surface area contributed by atoms with Crippen molar-refractivity contribution in [2.24, 2.45) is 0 Å². The fourth-order valence-electron chi connectivity index (χ4n) is 4.10. The van der Waals surface area contributed by atoms with Gasteiger partial charge in [0.2, 0.25) is 0 Å². The summed E-state index contributed by atoms with van der Waals surface area (Å²) in [6, 6.07) is 41.9. The van der Waals surface area contributed by atoms with Crippen LogP contribution in [0.4, 0.5) is 0 Å². The van der Waals surface area contributed by atoms with E-state index < -0.39 is 34.1 Å². The molecule has 0 amide bonds. The third kappa shape index (κ3) is 5.05. The second kappa shape index (κ2) is 10.9. The van der Waals surface area contributed by atoms with Gasteiger partial charge >= 0.3 is 228 Å². The maximum absolute atomic E-state index is 5.11. The van der Waals surface area contributed by atoms with Crippen molar-refractivity contribution in [3.8, 4) is 45.0 Å². The predicted molar refractivity (Wildman–Crippen MR) is 150 cm³/mol. The first-order chi connectivity index (χ1) is 17.8. The molecule has 4 aromatic carbocycles. The number of H-pyrrole nitrogens is 2. The molecule has 0 spiro atoms. The second-order valence-electron chi connectivity index (χ2n) is 8.16. The second-order valence-corrected chi connectivity index (χ2v) is 17.7. The molecule has 0 aliphatic carbocycles. The van der Waals surface area contributed by atoms with Crippen molar-refractivity contribution in [3.63, 3.8) is 0 Å². The summed E-state index contributed by atoms with van der Waals surface area (Å²) in [5.41, 5.74) is 8.88. The molecule has 0 saturated carbocycles. The van der Waals surface area contributed by atoms with Crippen molar-refractivity contribution in [2.45, 2.75) is 0 Å². The van der Waals surface area contributed by atoms with Gasteiger partial charge < -0.3 is 0 Å². The molecule has 4 nitrogen and oxygen atoms in total. The summed E-state index contributed by atoms with van der Waals surface area (Å²) in [6.07, 6.45) is 0. The van der Waals surface area contributed by atoms with Gasteiger partial charge in [-0.25, -0.2) is 0 Å². The third-order valence-corrected chi connectivity index (χ3v) is 15.7. The number of aromatic nitrogens is 4. The molecule has 2 heterocycles. The van der Waals surface area contributed by atoms with E-state index in [0.29, 0.717) is 0 Å². The van der Waals surface area contributed by atoms with Gasteiger partial charge in [-0.15, -0.1) is 0 Å². The molecule has 0 aliphatic heterocycles. The number of imidazole rings is 2. The van der Waals surface area contributed by atoms with Crippen molar-refractivity contribution in [1.29, 1.82) is 0 Å². The number of rotatable bonds is 7. The molecular formula is C30H22N4Te2. The van der Waals surface area contributed by atoms with Gasteiger partial charge in [-0.3, -0.25) is 0 Å². The minimum absolute atomic E-state index is 0.517. The molecule has 36 heavy (non-hydrogen) atoms. The summed E-state index contributed by atoms with van der Waals surface area (Å²) in [7, 11) is 0. The van der Waals surface area contributed by atoms with Crippen molar-refractivity contribution in [1.82, 2.24) is 19.9 Å². The van der Waals surface area contributed by atoms with E-state index in [1.807, 2.05) is 12.1 Å². The monoisotopic (exact) mass is 698 g/mol. The average molecular weight is 694 g/mol. The van der Waals surface area contributed by atoms with E-state index in [2.05, 4.69) is 119 Å².